The molecule has 2 N–H and O–H groups in total. The van der Waals surface area contributed by atoms with Crippen molar-refractivity contribution < 1.29 is 14.6 Å². The molecule has 1 radical (unpaired) electrons. The Bertz CT molecular complexity index is 281. The van der Waals surface area contributed by atoms with E-state index in [0.717, 1.165) is 0 Å². The fourth-order valence-corrected chi connectivity index (χ4v) is 0.799. The Morgan fingerprint density at radius 2 is 2.08 bits per heavy atom. The molecule has 0 saturated heterocycles. The number of carbonyl (C=O) groups excluding carboxylic acids is 1. The number of ether oxygens (including phenoxy) is 1. The van der Waals surface area contributed by atoms with Crippen molar-refractivity contribution in [1.82, 2.24) is 0 Å². The number of carbonyl (C=O) groups is 1. The van der Waals surface area contributed by atoms with E-state index in [-0.39, 0.29) is 5.75 Å². The van der Waals surface area contributed by atoms with Gasteiger partial charge >= 0.3 is 6.09 Å². The Balaban J connectivity index is 2.54. The number of aromatic hydroxyl groups is 1. The van der Waals surface area contributed by atoms with Crippen molar-refractivity contribution >= 4 is 11.8 Å². The second kappa shape index (κ2) is 4.35. The summed E-state index contributed by atoms with van der Waals surface area (Å²) in [6.07, 6.45) is -0.548. The fraction of sp³-hybridized carbons (Fsp3) is 0.111. The third kappa shape index (κ3) is 3.02. The average Bonchev–Trinajstić information content (AvgIpc) is 2.09. The van der Waals surface area contributed by atoms with E-state index in [2.05, 4.69) is 10.1 Å². The lowest BCUT2D eigenvalue weighted by Gasteiger charge is -2.03. The second-order valence-electron chi connectivity index (χ2n) is 2.31. The highest BCUT2D eigenvalue weighted by Crippen LogP contribution is 2.13. The van der Waals surface area contributed by atoms with Gasteiger partial charge in [-0.2, -0.15) is 0 Å². The van der Waals surface area contributed by atoms with E-state index >= 15 is 0 Å². The van der Waals surface area contributed by atoms with Gasteiger partial charge in [-0.15, -0.1) is 0 Å². The summed E-state index contributed by atoms with van der Waals surface area (Å²) in [6.45, 7) is 2.89. The van der Waals surface area contributed by atoms with Crippen molar-refractivity contribution in [1.29, 1.82) is 0 Å². The molecular formula is C9H10NO3. The van der Waals surface area contributed by atoms with Gasteiger partial charge < -0.3 is 9.84 Å². The maximum Gasteiger partial charge on any atom is 0.412 e. The zero-order valence-electron chi connectivity index (χ0n) is 7.15. The van der Waals surface area contributed by atoms with Crippen LogP contribution in [-0.2, 0) is 4.74 Å². The molecule has 0 unspecified atom stereocenters. The van der Waals surface area contributed by atoms with E-state index in [4.69, 9.17) is 5.11 Å². The first-order valence-corrected chi connectivity index (χ1v) is 3.77. The van der Waals surface area contributed by atoms with Crippen molar-refractivity contribution in [3.63, 3.8) is 0 Å². The van der Waals surface area contributed by atoms with Gasteiger partial charge in [0.05, 0.1) is 0 Å². The SMILES string of the molecule is C[CH]OC(=O)Nc1ccc(O)cc1. The minimum absolute atomic E-state index is 0.154. The van der Waals surface area contributed by atoms with Gasteiger partial charge in [-0.1, -0.05) is 0 Å². The van der Waals surface area contributed by atoms with Crippen LogP contribution < -0.4 is 5.32 Å². The highest BCUT2D eigenvalue weighted by Gasteiger charge is 2.00. The molecule has 0 spiro atoms. The average molecular weight is 180 g/mol. The predicted molar refractivity (Wildman–Crippen MR) is 48.2 cm³/mol. The second-order valence-corrected chi connectivity index (χ2v) is 2.31. The molecule has 4 heteroatoms. The van der Waals surface area contributed by atoms with Gasteiger partial charge in [0, 0.05) is 5.69 Å². The van der Waals surface area contributed by atoms with Crippen LogP contribution in [0.2, 0.25) is 0 Å². The normalized spacial score (nSPS) is 9.31. The molecule has 1 amide bonds. The quantitative estimate of drug-likeness (QED) is 0.685. The number of anilines is 1. The zero-order chi connectivity index (χ0) is 9.68. The molecule has 0 saturated carbocycles. The first-order valence-electron chi connectivity index (χ1n) is 3.77. The molecule has 1 aromatic rings. The van der Waals surface area contributed by atoms with Crippen molar-refractivity contribution in [2.24, 2.45) is 0 Å². The minimum atomic E-state index is -0.548. The van der Waals surface area contributed by atoms with Gasteiger partial charge in [-0.05, 0) is 31.2 Å². The number of phenols is 1. The molecule has 0 aliphatic rings. The molecule has 0 aliphatic carbocycles. The number of hydrogen-bond donors (Lipinski definition) is 2. The largest absolute Gasteiger partial charge is 0.508 e. The molecule has 0 atom stereocenters. The third-order valence-corrected chi connectivity index (χ3v) is 1.34. The molecule has 1 rings (SSSR count). The van der Waals surface area contributed by atoms with E-state index in [1.54, 1.807) is 19.1 Å². The standard InChI is InChI=1S/C9H10NO3/c1-2-13-9(12)10-7-3-5-8(11)6-4-7/h2-6,11H,1H3,(H,10,12). The number of amides is 1. The highest BCUT2D eigenvalue weighted by atomic mass is 16.5. The fourth-order valence-electron chi connectivity index (χ4n) is 0.799. The predicted octanol–water partition coefficient (Wildman–Crippen LogP) is 2.12. The Morgan fingerprint density at radius 3 is 2.62 bits per heavy atom. The Labute approximate surface area is 76.1 Å². The lowest BCUT2D eigenvalue weighted by molar-refractivity contribution is 0.189. The van der Waals surface area contributed by atoms with E-state index in [0.29, 0.717) is 5.69 Å². The van der Waals surface area contributed by atoms with Crippen LogP contribution in [0.15, 0.2) is 24.3 Å². The molecular weight excluding hydrogens is 170 g/mol. The van der Waals surface area contributed by atoms with Crippen molar-refractivity contribution in [3.05, 3.63) is 30.9 Å². The summed E-state index contributed by atoms with van der Waals surface area (Å²) in [5.41, 5.74) is 0.574. The van der Waals surface area contributed by atoms with E-state index in [1.165, 1.54) is 18.7 Å². The monoisotopic (exact) mass is 180 g/mol. The topological polar surface area (TPSA) is 58.6 Å². The van der Waals surface area contributed by atoms with Gasteiger partial charge in [0.2, 0.25) is 0 Å². The van der Waals surface area contributed by atoms with Crippen LogP contribution in [-0.4, -0.2) is 11.2 Å². The summed E-state index contributed by atoms with van der Waals surface area (Å²) in [6, 6.07) is 6.11. The molecule has 0 fully saturated rings. The van der Waals surface area contributed by atoms with Gasteiger partial charge in [-0.25, -0.2) is 4.79 Å². The van der Waals surface area contributed by atoms with E-state index in [1.807, 2.05) is 0 Å². The first-order chi connectivity index (χ1) is 6.22. The van der Waals surface area contributed by atoms with Gasteiger partial charge in [0.1, 0.15) is 12.4 Å². The number of hydrogen-bond acceptors (Lipinski definition) is 3. The van der Waals surface area contributed by atoms with Crippen molar-refractivity contribution in [2.45, 2.75) is 6.92 Å². The maximum atomic E-state index is 10.9. The van der Waals surface area contributed by atoms with E-state index in [9.17, 15) is 4.79 Å². The first kappa shape index (κ1) is 9.38. The summed E-state index contributed by atoms with van der Waals surface area (Å²) in [5.74, 6) is 0.154. The van der Waals surface area contributed by atoms with Crippen LogP contribution in [0.4, 0.5) is 10.5 Å². The highest BCUT2D eigenvalue weighted by molar-refractivity contribution is 5.84. The lowest BCUT2D eigenvalue weighted by Crippen LogP contribution is -2.11. The molecule has 69 valence electrons. The zero-order valence-corrected chi connectivity index (χ0v) is 7.15. The van der Waals surface area contributed by atoms with E-state index < -0.39 is 6.09 Å². The van der Waals surface area contributed by atoms with Crippen LogP contribution in [0.1, 0.15) is 6.92 Å². The van der Waals surface area contributed by atoms with Crippen LogP contribution >= 0.6 is 0 Å². The van der Waals surface area contributed by atoms with Gasteiger partial charge in [-0.3, -0.25) is 5.32 Å². The Hall–Kier alpha value is -1.71. The molecule has 0 bridgehead atoms. The molecule has 0 aliphatic heterocycles. The summed E-state index contributed by atoms with van der Waals surface area (Å²) < 4.78 is 4.54. The smallest absolute Gasteiger partial charge is 0.412 e. The molecule has 13 heavy (non-hydrogen) atoms. The summed E-state index contributed by atoms with van der Waals surface area (Å²) in [4.78, 5) is 10.9. The number of phenolic OH excluding ortho intramolecular Hbond substituents is 1. The molecule has 4 nitrogen and oxygen atoms in total. The summed E-state index contributed by atoms with van der Waals surface area (Å²) in [5, 5.41) is 11.4. The Morgan fingerprint density at radius 1 is 1.46 bits per heavy atom. The van der Waals surface area contributed by atoms with Crippen LogP contribution in [0.5, 0.6) is 5.75 Å². The van der Waals surface area contributed by atoms with Crippen LogP contribution in [0, 0.1) is 6.61 Å². The summed E-state index contributed by atoms with van der Waals surface area (Å²) >= 11 is 0. The summed E-state index contributed by atoms with van der Waals surface area (Å²) in [7, 11) is 0. The van der Waals surface area contributed by atoms with Crippen molar-refractivity contribution in [3.8, 4) is 5.75 Å². The maximum absolute atomic E-state index is 10.9. The lowest BCUT2D eigenvalue weighted by atomic mass is 10.3. The van der Waals surface area contributed by atoms with Gasteiger partial charge in [0.15, 0.2) is 0 Å². The van der Waals surface area contributed by atoms with Crippen molar-refractivity contribution in [2.75, 3.05) is 5.32 Å². The Kier molecular flexibility index (Phi) is 3.14. The molecule has 0 heterocycles. The van der Waals surface area contributed by atoms with Crippen LogP contribution in [0.3, 0.4) is 0 Å². The van der Waals surface area contributed by atoms with Gasteiger partial charge in [0.25, 0.3) is 0 Å². The number of nitrogens with one attached hydrogen (secondary N) is 1. The third-order valence-electron chi connectivity index (χ3n) is 1.34. The minimum Gasteiger partial charge on any atom is -0.508 e. The molecule has 1 aromatic carbocycles. The molecule has 0 aromatic heterocycles. The number of rotatable bonds is 2. The number of benzene rings is 1. The van der Waals surface area contributed by atoms with Crippen LogP contribution in [0.25, 0.3) is 0 Å².